The van der Waals surface area contributed by atoms with Crippen LogP contribution in [0.15, 0.2) is 18.2 Å². The van der Waals surface area contributed by atoms with Crippen LogP contribution < -0.4 is 10.5 Å². The molecule has 0 heterocycles. The maximum Gasteiger partial charge on any atom is 0.151 e. The number of hydrogen-bond acceptors (Lipinski definition) is 3. The van der Waals surface area contributed by atoms with Gasteiger partial charge in [0.15, 0.2) is 5.17 Å². The summed E-state index contributed by atoms with van der Waals surface area (Å²) in [5, 5.41) is 7.26. The number of methoxy groups -OCH3 is 1. The molecular formula is C10H14N2OS. The van der Waals surface area contributed by atoms with Gasteiger partial charge in [0, 0.05) is 11.3 Å². The Hall–Kier alpha value is -1.16. The van der Waals surface area contributed by atoms with Gasteiger partial charge >= 0.3 is 0 Å². The molecule has 4 heteroatoms. The number of nitrogens with one attached hydrogen (secondary N) is 1. The van der Waals surface area contributed by atoms with Crippen LogP contribution in [0.2, 0.25) is 0 Å². The molecule has 3 N–H and O–H groups in total. The van der Waals surface area contributed by atoms with Crippen molar-refractivity contribution in [3.05, 3.63) is 29.3 Å². The lowest BCUT2D eigenvalue weighted by molar-refractivity contribution is 0.411. The summed E-state index contributed by atoms with van der Waals surface area (Å²) in [5.41, 5.74) is 7.54. The molecule has 1 rings (SSSR count). The molecule has 3 nitrogen and oxygen atoms in total. The van der Waals surface area contributed by atoms with E-state index in [1.54, 1.807) is 7.11 Å². The minimum atomic E-state index is 0.133. The molecule has 1 aromatic carbocycles. The second kappa shape index (κ2) is 4.91. The summed E-state index contributed by atoms with van der Waals surface area (Å²) in [5.74, 6) is 1.53. The van der Waals surface area contributed by atoms with Gasteiger partial charge in [-0.3, -0.25) is 5.41 Å². The van der Waals surface area contributed by atoms with E-state index in [-0.39, 0.29) is 5.17 Å². The zero-order valence-electron chi connectivity index (χ0n) is 8.33. The third-order valence-electron chi connectivity index (χ3n) is 1.82. The fraction of sp³-hybridized carbons (Fsp3) is 0.300. The molecule has 14 heavy (non-hydrogen) atoms. The van der Waals surface area contributed by atoms with Gasteiger partial charge in [-0.25, -0.2) is 0 Å². The largest absolute Gasteiger partial charge is 0.496 e. The Kier molecular flexibility index (Phi) is 3.83. The van der Waals surface area contributed by atoms with Gasteiger partial charge in [0.25, 0.3) is 0 Å². The monoisotopic (exact) mass is 210 g/mol. The second-order valence-corrected chi connectivity index (χ2v) is 3.99. The van der Waals surface area contributed by atoms with Crippen molar-refractivity contribution in [2.75, 3.05) is 7.11 Å². The molecule has 0 fully saturated rings. The molecule has 0 unspecified atom stereocenters. The van der Waals surface area contributed by atoms with Crippen LogP contribution in [0.4, 0.5) is 0 Å². The highest BCUT2D eigenvalue weighted by molar-refractivity contribution is 8.13. The van der Waals surface area contributed by atoms with Crippen LogP contribution in [0.25, 0.3) is 0 Å². The number of amidine groups is 1. The average molecular weight is 210 g/mol. The van der Waals surface area contributed by atoms with Crippen LogP contribution in [0.1, 0.15) is 11.1 Å². The van der Waals surface area contributed by atoms with Gasteiger partial charge in [0.1, 0.15) is 5.75 Å². The molecule has 0 radical (unpaired) electrons. The highest BCUT2D eigenvalue weighted by atomic mass is 32.2. The lowest BCUT2D eigenvalue weighted by Crippen LogP contribution is -2.04. The number of hydrogen-bond donors (Lipinski definition) is 2. The molecule has 0 aromatic heterocycles. The number of rotatable bonds is 3. The molecule has 0 bridgehead atoms. The Labute approximate surface area is 88.2 Å². The lowest BCUT2D eigenvalue weighted by atomic mass is 10.1. The zero-order valence-corrected chi connectivity index (χ0v) is 9.15. The standard InChI is InChI=1S/C10H14N2OS/c1-7-3-4-9(13-2)8(5-7)6-14-10(11)12/h3-5H,6H2,1-2H3,(H3,11,12). The number of thioether (sulfide) groups is 1. The smallest absolute Gasteiger partial charge is 0.151 e. The van der Waals surface area contributed by atoms with Crippen molar-refractivity contribution in [3.8, 4) is 5.75 Å². The maximum atomic E-state index is 7.12. The van der Waals surface area contributed by atoms with Gasteiger partial charge in [-0.1, -0.05) is 29.5 Å². The quantitative estimate of drug-likeness (QED) is 0.593. The Morgan fingerprint density at radius 3 is 2.86 bits per heavy atom. The number of ether oxygens (including phenoxy) is 1. The van der Waals surface area contributed by atoms with Gasteiger partial charge in [-0.05, 0) is 13.0 Å². The minimum Gasteiger partial charge on any atom is -0.496 e. The van der Waals surface area contributed by atoms with Crippen molar-refractivity contribution in [1.82, 2.24) is 0 Å². The van der Waals surface area contributed by atoms with Crippen LogP contribution in [0.5, 0.6) is 5.75 Å². The van der Waals surface area contributed by atoms with E-state index in [9.17, 15) is 0 Å². The van der Waals surface area contributed by atoms with Crippen molar-refractivity contribution < 1.29 is 4.74 Å². The highest BCUT2D eigenvalue weighted by Gasteiger charge is 2.03. The number of benzene rings is 1. The van der Waals surface area contributed by atoms with E-state index >= 15 is 0 Å². The summed E-state index contributed by atoms with van der Waals surface area (Å²) in [7, 11) is 1.65. The van der Waals surface area contributed by atoms with Crippen molar-refractivity contribution in [1.29, 1.82) is 5.41 Å². The normalized spacial score (nSPS) is 9.86. The molecular weight excluding hydrogens is 196 g/mol. The van der Waals surface area contributed by atoms with E-state index in [1.807, 2.05) is 19.1 Å². The van der Waals surface area contributed by atoms with Crippen LogP contribution in [-0.2, 0) is 5.75 Å². The van der Waals surface area contributed by atoms with Crippen molar-refractivity contribution in [2.45, 2.75) is 12.7 Å². The molecule has 0 aliphatic heterocycles. The van der Waals surface area contributed by atoms with Crippen molar-refractivity contribution >= 4 is 16.9 Å². The fourth-order valence-corrected chi connectivity index (χ4v) is 1.71. The molecule has 0 saturated heterocycles. The van der Waals surface area contributed by atoms with Crippen molar-refractivity contribution in [2.24, 2.45) is 5.73 Å². The molecule has 76 valence electrons. The molecule has 0 atom stereocenters. The Morgan fingerprint density at radius 2 is 2.29 bits per heavy atom. The Morgan fingerprint density at radius 1 is 1.57 bits per heavy atom. The van der Waals surface area contributed by atoms with Crippen LogP contribution in [0.3, 0.4) is 0 Å². The predicted molar refractivity (Wildman–Crippen MR) is 60.9 cm³/mol. The van der Waals surface area contributed by atoms with Gasteiger partial charge < -0.3 is 10.5 Å². The Bertz CT molecular complexity index is 339. The van der Waals surface area contributed by atoms with E-state index in [1.165, 1.54) is 17.3 Å². The summed E-state index contributed by atoms with van der Waals surface area (Å²) in [6, 6.07) is 5.99. The summed E-state index contributed by atoms with van der Waals surface area (Å²) >= 11 is 1.30. The summed E-state index contributed by atoms with van der Waals surface area (Å²) in [6.45, 7) is 2.03. The number of nitrogens with two attached hydrogens (primary N) is 1. The van der Waals surface area contributed by atoms with E-state index in [0.29, 0.717) is 5.75 Å². The maximum absolute atomic E-state index is 7.12. The second-order valence-electron chi connectivity index (χ2n) is 2.97. The third kappa shape index (κ3) is 2.96. The number of aryl methyl sites for hydroxylation is 1. The first-order chi connectivity index (χ1) is 6.63. The van der Waals surface area contributed by atoms with E-state index < -0.39 is 0 Å². The van der Waals surface area contributed by atoms with Gasteiger partial charge in [-0.2, -0.15) is 0 Å². The van der Waals surface area contributed by atoms with Crippen molar-refractivity contribution in [3.63, 3.8) is 0 Å². The van der Waals surface area contributed by atoms with E-state index in [2.05, 4.69) is 6.07 Å². The predicted octanol–water partition coefficient (Wildman–Crippen LogP) is 2.13. The molecule has 1 aromatic rings. The third-order valence-corrected chi connectivity index (χ3v) is 2.59. The molecule has 0 amide bonds. The molecule has 0 spiro atoms. The summed E-state index contributed by atoms with van der Waals surface area (Å²) in [4.78, 5) is 0. The van der Waals surface area contributed by atoms with Crippen LogP contribution in [-0.4, -0.2) is 12.3 Å². The molecule has 0 aliphatic carbocycles. The highest BCUT2D eigenvalue weighted by Crippen LogP contribution is 2.23. The first-order valence-electron chi connectivity index (χ1n) is 4.24. The fourth-order valence-electron chi connectivity index (χ4n) is 1.18. The van der Waals surface area contributed by atoms with E-state index in [0.717, 1.165) is 11.3 Å². The Balaban J connectivity index is 2.82. The first kappa shape index (κ1) is 10.9. The SMILES string of the molecule is COc1ccc(C)cc1CSC(=N)N. The molecule has 0 aliphatic rings. The summed E-state index contributed by atoms with van der Waals surface area (Å²) < 4.78 is 5.21. The minimum absolute atomic E-state index is 0.133. The van der Waals surface area contributed by atoms with E-state index in [4.69, 9.17) is 15.9 Å². The van der Waals surface area contributed by atoms with Gasteiger partial charge in [0.2, 0.25) is 0 Å². The zero-order chi connectivity index (χ0) is 10.6. The average Bonchev–Trinajstić information content (AvgIpc) is 2.15. The van der Waals surface area contributed by atoms with Gasteiger partial charge in [-0.15, -0.1) is 0 Å². The van der Waals surface area contributed by atoms with Crippen LogP contribution in [0, 0.1) is 12.3 Å². The summed E-state index contributed by atoms with van der Waals surface area (Å²) in [6.07, 6.45) is 0. The van der Waals surface area contributed by atoms with Crippen LogP contribution >= 0.6 is 11.8 Å². The topological polar surface area (TPSA) is 59.1 Å². The first-order valence-corrected chi connectivity index (χ1v) is 5.22. The molecule has 0 saturated carbocycles. The lowest BCUT2D eigenvalue weighted by Gasteiger charge is -2.08. The van der Waals surface area contributed by atoms with Gasteiger partial charge in [0.05, 0.1) is 7.11 Å².